The molecule has 1 heterocycles. The monoisotopic (exact) mass is 400 g/mol. The fourth-order valence-electron chi connectivity index (χ4n) is 4.07. The highest BCUT2D eigenvalue weighted by Gasteiger charge is 2.29. The summed E-state index contributed by atoms with van der Waals surface area (Å²) in [6.45, 7) is 7.92. The summed E-state index contributed by atoms with van der Waals surface area (Å²) in [6.07, 6.45) is 7.87. The van der Waals surface area contributed by atoms with E-state index in [-0.39, 0.29) is 5.91 Å². The molecular weight excluding hydrogens is 360 g/mol. The van der Waals surface area contributed by atoms with Crippen LogP contribution in [0.5, 0.6) is 0 Å². The van der Waals surface area contributed by atoms with Gasteiger partial charge in [0.2, 0.25) is 5.91 Å². The molecule has 0 saturated carbocycles. The Morgan fingerprint density at radius 2 is 1.97 bits per heavy atom. The van der Waals surface area contributed by atoms with Crippen molar-refractivity contribution >= 4 is 11.9 Å². The third kappa shape index (κ3) is 8.46. The lowest BCUT2D eigenvalue weighted by molar-refractivity contribution is -0.127. The minimum absolute atomic E-state index is 0.276. The molecule has 1 aliphatic rings. The lowest BCUT2D eigenvalue weighted by Gasteiger charge is -2.20. The number of nitrogens with zero attached hydrogens (tertiary/aromatic N) is 2. The number of hydrogen-bond donors (Lipinski definition) is 2. The average Bonchev–Trinajstić information content (AvgIpc) is 3.10. The van der Waals surface area contributed by atoms with Crippen molar-refractivity contribution in [2.45, 2.75) is 58.8 Å². The van der Waals surface area contributed by atoms with E-state index in [0.29, 0.717) is 18.3 Å². The van der Waals surface area contributed by atoms with Crippen molar-refractivity contribution < 1.29 is 4.79 Å². The van der Waals surface area contributed by atoms with E-state index in [0.717, 1.165) is 38.6 Å². The molecule has 2 unspecified atom stereocenters. The number of nitrogens with one attached hydrogen (secondary N) is 2. The van der Waals surface area contributed by atoms with Crippen LogP contribution in [-0.2, 0) is 11.2 Å². The fourth-order valence-corrected chi connectivity index (χ4v) is 4.07. The van der Waals surface area contributed by atoms with Crippen molar-refractivity contribution in [3.8, 4) is 0 Å². The molecule has 0 aromatic heterocycles. The zero-order chi connectivity index (χ0) is 20.9. The third-order valence-electron chi connectivity index (χ3n) is 5.81. The maximum atomic E-state index is 12.4. The Labute approximate surface area is 177 Å². The van der Waals surface area contributed by atoms with Crippen LogP contribution < -0.4 is 10.6 Å². The first-order valence-electron chi connectivity index (χ1n) is 11.4. The molecule has 2 N–H and O–H groups in total. The number of aliphatic imine (C=N–C) groups is 1. The second-order valence-electron chi connectivity index (χ2n) is 8.28. The Kier molecular flexibility index (Phi) is 10.6. The Morgan fingerprint density at radius 1 is 1.17 bits per heavy atom. The van der Waals surface area contributed by atoms with Gasteiger partial charge in [0.15, 0.2) is 5.96 Å². The quantitative estimate of drug-likeness (QED) is 0.414. The van der Waals surface area contributed by atoms with E-state index in [9.17, 15) is 4.79 Å². The minimum atomic E-state index is 0.276. The number of amides is 1. The molecule has 0 radical (unpaired) electrons. The van der Waals surface area contributed by atoms with Crippen molar-refractivity contribution in [3.05, 3.63) is 35.9 Å². The predicted molar refractivity (Wildman–Crippen MR) is 122 cm³/mol. The molecule has 1 fully saturated rings. The van der Waals surface area contributed by atoms with Crippen molar-refractivity contribution in [3.63, 3.8) is 0 Å². The first-order valence-corrected chi connectivity index (χ1v) is 11.4. The zero-order valence-electron chi connectivity index (χ0n) is 18.6. The molecule has 29 heavy (non-hydrogen) atoms. The van der Waals surface area contributed by atoms with E-state index in [1.165, 1.54) is 37.7 Å². The molecule has 2 atom stereocenters. The maximum absolute atomic E-state index is 12.4. The summed E-state index contributed by atoms with van der Waals surface area (Å²) in [4.78, 5) is 18.7. The van der Waals surface area contributed by atoms with Crippen molar-refractivity contribution in [2.75, 3.05) is 33.2 Å². The highest BCUT2D eigenvalue weighted by Crippen LogP contribution is 2.18. The molecule has 1 aliphatic heterocycles. The fraction of sp³-hybridized carbons (Fsp3) is 0.667. The molecule has 5 nitrogen and oxygen atoms in total. The van der Waals surface area contributed by atoms with Crippen LogP contribution in [0.4, 0.5) is 0 Å². The van der Waals surface area contributed by atoms with Gasteiger partial charge < -0.3 is 15.5 Å². The Bertz CT molecular complexity index is 617. The van der Waals surface area contributed by atoms with E-state index in [2.05, 4.69) is 53.7 Å². The Hall–Kier alpha value is -2.04. The van der Waals surface area contributed by atoms with Crippen LogP contribution in [0.1, 0.15) is 57.9 Å². The SMILES string of the molecule is CCCCC(CCC)CNC(=NC)NCC1CC(=O)N(CCc2ccccc2)C1. The molecule has 1 aromatic carbocycles. The van der Waals surface area contributed by atoms with Gasteiger partial charge in [-0.3, -0.25) is 9.79 Å². The van der Waals surface area contributed by atoms with Gasteiger partial charge in [-0.15, -0.1) is 0 Å². The normalized spacial score (nSPS) is 18.2. The number of benzene rings is 1. The number of unbranched alkanes of at least 4 members (excludes halogenated alkanes) is 1. The van der Waals surface area contributed by atoms with Crippen molar-refractivity contribution in [2.24, 2.45) is 16.8 Å². The number of carbonyl (C=O) groups excluding carboxylic acids is 1. The smallest absolute Gasteiger partial charge is 0.223 e. The van der Waals surface area contributed by atoms with Gasteiger partial charge in [0.05, 0.1) is 0 Å². The standard InChI is InChI=1S/C24H40N4O/c1-4-6-11-21(10-5-2)17-26-24(25-3)27-18-22-16-23(29)28(19-22)15-14-20-12-8-7-9-13-20/h7-9,12-13,21-22H,4-6,10-11,14-19H2,1-3H3,(H2,25,26,27). The highest BCUT2D eigenvalue weighted by molar-refractivity contribution is 5.80. The molecule has 0 bridgehead atoms. The van der Waals surface area contributed by atoms with Gasteiger partial charge >= 0.3 is 0 Å². The van der Waals surface area contributed by atoms with Gasteiger partial charge in [-0.2, -0.15) is 0 Å². The maximum Gasteiger partial charge on any atom is 0.223 e. The molecule has 162 valence electrons. The van der Waals surface area contributed by atoms with E-state index >= 15 is 0 Å². The second kappa shape index (κ2) is 13.2. The predicted octanol–water partition coefficient (Wildman–Crippen LogP) is 3.85. The summed E-state index contributed by atoms with van der Waals surface area (Å²) < 4.78 is 0. The highest BCUT2D eigenvalue weighted by atomic mass is 16.2. The number of likely N-dealkylation sites (tertiary alicyclic amines) is 1. The van der Waals surface area contributed by atoms with E-state index in [1.807, 2.05) is 18.0 Å². The summed E-state index contributed by atoms with van der Waals surface area (Å²) >= 11 is 0. The molecule has 1 saturated heterocycles. The van der Waals surface area contributed by atoms with Crippen LogP contribution in [0.2, 0.25) is 0 Å². The Morgan fingerprint density at radius 3 is 2.66 bits per heavy atom. The number of rotatable bonds is 12. The van der Waals surface area contributed by atoms with Gasteiger partial charge in [-0.25, -0.2) is 0 Å². The molecule has 1 amide bonds. The van der Waals surface area contributed by atoms with Crippen LogP contribution in [0.25, 0.3) is 0 Å². The summed E-state index contributed by atoms with van der Waals surface area (Å²) in [5.74, 6) is 2.19. The number of guanidine groups is 1. The summed E-state index contributed by atoms with van der Waals surface area (Å²) in [6, 6.07) is 10.4. The largest absolute Gasteiger partial charge is 0.356 e. The first-order chi connectivity index (χ1) is 14.2. The van der Waals surface area contributed by atoms with Crippen LogP contribution in [-0.4, -0.2) is 50.0 Å². The second-order valence-corrected chi connectivity index (χ2v) is 8.28. The van der Waals surface area contributed by atoms with Crippen LogP contribution >= 0.6 is 0 Å². The third-order valence-corrected chi connectivity index (χ3v) is 5.81. The average molecular weight is 401 g/mol. The molecule has 0 aliphatic carbocycles. The van der Waals surface area contributed by atoms with E-state index < -0.39 is 0 Å². The number of hydrogen-bond acceptors (Lipinski definition) is 2. The topological polar surface area (TPSA) is 56.7 Å². The molecule has 0 spiro atoms. The summed E-state index contributed by atoms with van der Waals surface area (Å²) in [5, 5.41) is 6.94. The Balaban J connectivity index is 1.71. The van der Waals surface area contributed by atoms with Gasteiger partial charge in [0, 0.05) is 45.6 Å². The van der Waals surface area contributed by atoms with Crippen LogP contribution in [0.3, 0.4) is 0 Å². The lowest BCUT2D eigenvalue weighted by Crippen LogP contribution is -2.42. The first kappa shape index (κ1) is 23.2. The van der Waals surface area contributed by atoms with Crippen LogP contribution in [0, 0.1) is 11.8 Å². The molecule has 1 aromatic rings. The van der Waals surface area contributed by atoms with Crippen LogP contribution in [0.15, 0.2) is 35.3 Å². The van der Waals surface area contributed by atoms with Gasteiger partial charge in [0.1, 0.15) is 0 Å². The lowest BCUT2D eigenvalue weighted by atomic mass is 9.97. The molecule has 2 rings (SSSR count). The number of carbonyl (C=O) groups is 1. The van der Waals surface area contributed by atoms with Crippen molar-refractivity contribution in [1.29, 1.82) is 0 Å². The zero-order valence-corrected chi connectivity index (χ0v) is 18.6. The minimum Gasteiger partial charge on any atom is -0.356 e. The molecular formula is C24H40N4O. The van der Waals surface area contributed by atoms with Crippen molar-refractivity contribution in [1.82, 2.24) is 15.5 Å². The van der Waals surface area contributed by atoms with E-state index in [4.69, 9.17) is 0 Å². The summed E-state index contributed by atoms with van der Waals surface area (Å²) in [7, 11) is 1.82. The van der Waals surface area contributed by atoms with Gasteiger partial charge in [-0.1, -0.05) is 63.4 Å². The van der Waals surface area contributed by atoms with Gasteiger partial charge in [0.25, 0.3) is 0 Å². The molecule has 5 heteroatoms. The van der Waals surface area contributed by atoms with Gasteiger partial charge in [-0.05, 0) is 30.7 Å². The van der Waals surface area contributed by atoms with E-state index in [1.54, 1.807) is 0 Å². The summed E-state index contributed by atoms with van der Waals surface area (Å²) in [5.41, 5.74) is 1.29.